The van der Waals surface area contributed by atoms with Gasteiger partial charge in [-0.25, -0.2) is 0 Å². The van der Waals surface area contributed by atoms with E-state index >= 15 is 0 Å². The van der Waals surface area contributed by atoms with Gasteiger partial charge in [-0.15, -0.1) is 11.8 Å². The lowest BCUT2D eigenvalue weighted by Crippen LogP contribution is -2.52. The molecule has 3 atom stereocenters. The van der Waals surface area contributed by atoms with Crippen LogP contribution in [0.3, 0.4) is 0 Å². The number of benzene rings is 1. The first-order valence-corrected chi connectivity index (χ1v) is 12.8. The number of carbonyl (C=O) groups is 1. The Balaban J connectivity index is 1.44. The number of hydrogen-bond acceptors (Lipinski definition) is 4. The topological polar surface area (TPSA) is 41.6 Å². The second-order valence-electron chi connectivity index (χ2n) is 9.01. The van der Waals surface area contributed by atoms with Crippen LogP contribution in [0.4, 0.5) is 0 Å². The fourth-order valence-electron chi connectivity index (χ4n) is 5.50. The molecule has 3 aliphatic rings. The molecule has 1 aromatic carbocycles. The Labute approximate surface area is 180 Å². The molecule has 1 amide bonds. The Bertz CT molecular complexity index is 723. The van der Waals surface area contributed by atoms with Gasteiger partial charge in [-0.2, -0.15) is 0 Å². The fourth-order valence-corrected chi connectivity index (χ4v) is 6.00. The number of ether oxygens (including phenoxy) is 1. The van der Waals surface area contributed by atoms with E-state index in [0.29, 0.717) is 12.6 Å². The van der Waals surface area contributed by atoms with Crippen LogP contribution in [0.15, 0.2) is 17.0 Å². The molecule has 4 rings (SSSR count). The smallest absolute Gasteiger partial charge is 0.255 e. The van der Waals surface area contributed by atoms with Gasteiger partial charge in [-0.1, -0.05) is 32.6 Å². The zero-order chi connectivity index (χ0) is 20.2. The summed E-state index contributed by atoms with van der Waals surface area (Å²) in [6, 6.07) is 4.64. The summed E-state index contributed by atoms with van der Waals surface area (Å²) in [5.41, 5.74) is 1.89. The monoisotopic (exact) mass is 416 g/mol. The molecule has 160 valence electrons. The van der Waals surface area contributed by atoms with Crippen LogP contribution in [0.1, 0.15) is 67.8 Å². The Morgan fingerprint density at radius 1 is 1.28 bits per heavy atom. The molecule has 2 unspecified atom stereocenters. The highest BCUT2D eigenvalue weighted by atomic mass is 32.2. The highest BCUT2D eigenvalue weighted by molar-refractivity contribution is 7.98. The van der Waals surface area contributed by atoms with Crippen LogP contribution in [-0.4, -0.2) is 49.3 Å². The fraction of sp³-hybridized carbons (Fsp3) is 0.708. The van der Waals surface area contributed by atoms with Crippen LogP contribution < -0.4 is 10.1 Å². The van der Waals surface area contributed by atoms with Crippen LogP contribution in [0.25, 0.3) is 0 Å². The maximum atomic E-state index is 13.1. The number of hydrogen-bond donors (Lipinski definition) is 1. The maximum absolute atomic E-state index is 13.1. The van der Waals surface area contributed by atoms with Crippen molar-refractivity contribution >= 4 is 17.7 Å². The summed E-state index contributed by atoms with van der Waals surface area (Å²) in [6.07, 6.45) is 12.3. The van der Waals surface area contributed by atoms with Crippen molar-refractivity contribution in [2.24, 2.45) is 11.8 Å². The maximum Gasteiger partial charge on any atom is 0.255 e. The lowest BCUT2D eigenvalue weighted by Gasteiger charge is -2.46. The van der Waals surface area contributed by atoms with E-state index in [0.717, 1.165) is 41.0 Å². The first-order valence-electron chi connectivity index (χ1n) is 11.6. The lowest BCUT2D eigenvalue weighted by atomic mass is 9.73. The molecule has 0 spiro atoms. The first-order chi connectivity index (χ1) is 14.2. The van der Waals surface area contributed by atoms with Gasteiger partial charge in [-0.05, 0) is 61.6 Å². The minimum atomic E-state index is 0.0280. The van der Waals surface area contributed by atoms with E-state index in [2.05, 4.69) is 29.5 Å². The second-order valence-corrected chi connectivity index (χ2v) is 9.89. The molecule has 0 aromatic heterocycles. The Morgan fingerprint density at radius 2 is 2.10 bits per heavy atom. The Hall–Kier alpha value is -1.20. The van der Waals surface area contributed by atoms with Gasteiger partial charge in [0.05, 0.1) is 12.2 Å². The van der Waals surface area contributed by atoms with Gasteiger partial charge in [0.15, 0.2) is 0 Å². The van der Waals surface area contributed by atoms with Gasteiger partial charge in [0, 0.05) is 30.4 Å². The number of nitrogens with zero attached hydrogens (tertiary/aromatic N) is 1. The van der Waals surface area contributed by atoms with Crippen LogP contribution in [0.2, 0.25) is 0 Å². The highest BCUT2D eigenvalue weighted by Crippen LogP contribution is 2.39. The Morgan fingerprint density at radius 3 is 2.90 bits per heavy atom. The summed E-state index contributed by atoms with van der Waals surface area (Å²) in [7, 11) is 0. The molecule has 1 aliphatic carbocycles. The number of carbonyl (C=O) groups excluding carboxylic acids is 1. The second kappa shape index (κ2) is 9.74. The van der Waals surface area contributed by atoms with Crippen molar-refractivity contribution in [2.75, 3.05) is 32.5 Å². The molecule has 1 aromatic rings. The normalized spacial score (nSPS) is 26.5. The van der Waals surface area contributed by atoms with Crippen molar-refractivity contribution in [1.29, 1.82) is 0 Å². The molecule has 2 aliphatic heterocycles. The molecule has 29 heavy (non-hydrogen) atoms. The third-order valence-corrected chi connectivity index (χ3v) is 7.87. The predicted octanol–water partition coefficient (Wildman–Crippen LogP) is 4.75. The van der Waals surface area contributed by atoms with E-state index in [1.54, 1.807) is 11.8 Å². The zero-order valence-corrected chi connectivity index (χ0v) is 18.9. The number of thioether (sulfide) groups is 1. The van der Waals surface area contributed by atoms with Crippen molar-refractivity contribution in [3.63, 3.8) is 0 Å². The van der Waals surface area contributed by atoms with E-state index in [-0.39, 0.29) is 5.91 Å². The summed E-state index contributed by atoms with van der Waals surface area (Å²) in [5, 5.41) is 3.28. The third kappa shape index (κ3) is 4.77. The number of nitrogens with one attached hydrogen (secondary N) is 1. The number of unbranched alkanes of at least 4 members (excludes halogenated alkanes) is 1. The predicted molar refractivity (Wildman–Crippen MR) is 120 cm³/mol. The van der Waals surface area contributed by atoms with E-state index in [1.165, 1.54) is 63.6 Å². The van der Waals surface area contributed by atoms with Gasteiger partial charge >= 0.3 is 0 Å². The number of rotatable bonds is 7. The lowest BCUT2D eigenvalue weighted by molar-refractivity contribution is 0.0370. The van der Waals surface area contributed by atoms with Crippen molar-refractivity contribution in [3.8, 4) is 5.75 Å². The SMILES string of the molecule is CCCCN1CC2CCCCC2C[C@H]1CNC(=O)c1cc(SC)cc2c1OCC2. The summed E-state index contributed by atoms with van der Waals surface area (Å²) < 4.78 is 5.81. The van der Waals surface area contributed by atoms with Gasteiger partial charge < -0.3 is 10.1 Å². The van der Waals surface area contributed by atoms with Crippen molar-refractivity contribution in [1.82, 2.24) is 10.2 Å². The van der Waals surface area contributed by atoms with E-state index in [1.807, 2.05) is 6.07 Å². The summed E-state index contributed by atoms with van der Waals surface area (Å²) in [5.74, 6) is 2.57. The molecule has 5 heteroatoms. The minimum absolute atomic E-state index is 0.0280. The van der Waals surface area contributed by atoms with Crippen LogP contribution in [0.5, 0.6) is 5.75 Å². The van der Waals surface area contributed by atoms with Crippen LogP contribution in [0, 0.1) is 11.8 Å². The molecule has 2 fully saturated rings. The van der Waals surface area contributed by atoms with E-state index in [4.69, 9.17) is 4.74 Å². The molecule has 4 nitrogen and oxygen atoms in total. The van der Waals surface area contributed by atoms with Crippen LogP contribution in [-0.2, 0) is 6.42 Å². The van der Waals surface area contributed by atoms with Crippen molar-refractivity contribution < 1.29 is 9.53 Å². The molecule has 1 saturated carbocycles. The molecule has 2 heterocycles. The quantitative estimate of drug-likeness (QED) is 0.651. The van der Waals surface area contributed by atoms with Crippen LogP contribution >= 0.6 is 11.8 Å². The highest BCUT2D eigenvalue weighted by Gasteiger charge is 2.36. The largest absolute Gasteiger partial charge is 0.492 e. The summed E-state index contributed by atoms with van der Waals surface area (Å²) in [4.78, 5) is 16.9. The average molecular weight is 417 g/mol. The van der Waals surface area contributed by atoms with E-state index in [9.17, 15) is 4.79 Å². The van der Waals surface area contributed by atoms with Gasteiger partial charge in [0.1, 0.15) is 5.75 Å². The molecule has 0 bridgehead atoms. The zero-order valence-electron chi connectivity index (χ0n) is 18.0. The van der Waals surface area contributed by atoms with Crippen molar-refractivity contribution in [3.05, 3.63) is 23.3 Å². The number of fused-ring (bicyclic) bond motifs is 2. The van der Waals surface area contributed by atoms with E-state index < -0.39 is 0 Å². The molecule has 1 N–H and O–H groups in total. The number of amides is 1. The summed E-state index contributed by atoms with van der Waals surface area (Å²) in [6.45, 7) is 6.10. The number of likely N-dealkylation sites (tertiary alicyclic amines) is 1. The van der Waals surface area contributed by atoms with Crippen molar-refractivity contribution in [2.45, 2.75) is 69.2 Å². The molecular weight excluding hydrogens is 380 g/mol. The molecule has 1 saturated heterocycles. The third-order valence-electron chi connectivity index (χ3n) is 7.16. The summed E-state index contributed by atoms with van der Waals surface area (Å²) >= 11 is 1.69. The minimum Gasteiger partial charge on any atom is -0.492 e. The number of piperidine rings is 1. The Kier molecular flexibility index (Phi) is 7.07. The molecule has 0 radical (unpaired) electrons. The average Bonchev–Trinajstić information content (AvgIpc) is 3.23. The van der Waals surface area contributed by atoms with Gasteiger partial charge in [-0.3, -0.25) is 9.69 Å². The standard InChI is InChI=1S/C24H36N2O2S/c1-3-4-10-26-16-19-8-6-5-7-17(19)12-20(26)15-25-24(27)22-14-21(29-2)13-18-9-11-28-23(18)22/h13-14,17,19-20H,3-12,15-16H2,1-2H3,(H,25,27)/t17?,19?,20-/m0/s1. The van der Waals surface area contributed by atoms with Gasteiger partial charge in [0.25, 0.3) is 5.91 Å². The first kappa shape index (κ1) is 21.0. The van der Waals surface area contributed by atoms with Gasteiger partial charge in [0.2, 0.25) is 0 Å². The molecular formula is C24H36N2O2S.